The predicted octanol–water partition coefficient (Wildman–Crippen LogP) is 5.03. The van der Waals surface area contributed by atoms with Gasteiger partial charge in [-0.3, -0.25) is 20.2 Å². The Balaban J connectivity index is 1.61. The number of aromatic nitrogens is 1. The van der Waals surface area contributed by atoms with E-state index in [1.807, 2.05) is 17.5 Å². The number of nitrogens with zero attached hydrogens (tertiary/aromatic N) is 2. The van der Waals surface area contributed by atoms with Crippen molar-refractivity contribution in [3.63, 3.8) is 0 Å². The Labute approximate surface area is 172 Å². The first kappa shape index (κ1) is 20.5. The third-order valence-corrected chi connectivity index (χ3v) is 4.98. The maximum Gasteiger partial charge on any atom is 0.310 e. The Morgan fingerprint density at radius 1 is 1.17 bits per heavy atom. The van der Waals surface area contributed by atoms with Gasteiger partial charge in [-0.25, -0.2) is 4.98 Å². The van der Waals surface area contributed by atoms with Crippen molar-refractivity contribution in [1.82, 2.24) is 4.98 Å². The Morgan fingerprint density at radius 3 is 2.52 bits per heavy atom. The van der Waals surface area contributed by atoms with Gasteiger partial charge in [-0.15, -0.1) is 11.3 Å². The van der Waals surface area contributed by atoms with Crippen molar-refractivity contribution >= 4 is 28.1 Å². The van der Waals surface area contributed by atoms with Gasteiger partial charge in [0.2, 0.25) is 0 Å². The molecule has 7 nitrogen and oxygen atoms in total. The number of anilines is 1. The summed E-state index contributed by atoms with van der Waals surface area (Å²) in [7, 11) is 0. The standard InChI is InChI=1S/C21H21N3O4S/c1-21(2,3)15-10-8-14(9-11-15)16-13-29-20(22-16)23-19(25)12-28-18-7-5-4-6-17(18)24(26)27/h4-11,13H,12H2,1-3H3,(H,22,23,25). The highest BCUT2D eigenvalue weighted by atomic mass is 32.1. The molecule has 1 heterocycles. The molecule has 0 fully saturated rings. The fraction of sp³-hybridized carbons (Fsp3) is 0.238. The van der Waals surface area contributed by atoms with Gasteiger partial charge in [-0.05, 0) is 17.0 Å². The average molecular weight is 411 g/mol. The number of carbonyl (C=O) groups excluding carboxylic acids is 1. The summed E-state index contributed by atoms with van der Waals surface area (Å²) in [5.74, 6) is -0.390. The highest BCUT2D eigenvalue weighted by molar-refractivity contribution is 7.14. The van der Waals surface area contributed by atoms with Crippen LogP contribution in [0, 0.1) is 10.1 Å². The lowest BCUT2D eigenvalue weighted by atomic mass is 9.86. The number of hydrogen-bond donors (Lipinski definition) is 1. The van der Waals surface area contributed by atoms with Crippen molar-refractivity contribution in [2.24, 2.45) is 0 Å². The summed E-state index contributed by atoms with van der Waals surface area (Å²) in [4.78, 5) is 27.0. The lowest BCUT2D eigenvalue weighted by molar-refractivity contribution is -0.385. The summed E-state index contributed by atoms with van der Waals surface area (Å²) in [5, 5.41) is 16.0. The first-order valence-electron chi connectivity index (χ1n) is 8.96. The quantitative estimate of drug-likeness (QED) is 0.453. The smallest absolute Gasteiger partial charge is 0.310 e. The molecular formula is C21H21N3O4S. The van der Waals surface area contributed by atoms with Crippen LogP contribution in [0.25, 0.3) is 11.3 Å². The molecule has 0 unspecified atom stereocenters. The van der Waals surface area contributed by atoms with Gasteiger partial charge >= 0.3 is 5.69 Å². The number of amides is 1. The van der Waals surface area contributed by atoms with Crippen LogP contribution >= 0.6 is 11.3 Å². The van der Waals surface area contributed by atoms with Gasteiger partial charge in [0.05, 0.1) is 10.6 Å². The number of hydrogen-bond acceptors (Lipinski definition) is 6. The first-order valence-corrected chi connectivity index (χ1v) is 9.84. The van der Waals surface area contributed by atoms with Crippen molar-refractivity contribution in [2.45, 2.75) is 26.2 Å². The Bertz CT molecular complexity index is 1020. The highest BCUT2D eigenvalue weighted by Crippen LogP contribution is 2.29. The van der Waals surface area contributed by atoms with E-state index in [4.69, 9.17) is 4.74 Å². The van der Waals surface area contributed by atoms with Crippen molar-refractivity contribution in [3.8, 4) is 17.0 Å². The van der Waals surface area contributed by atoms with Crippen LogP contribution < -0.4 is 10.1 Å². The normalized spacial score (nSPS) is 11.1. The molecule has 0 spiro atoms. The van der Waals surface area contributed by atoms with Gasteiger partial charge in [0.25, 0.3) is 5.91 Å². The summed E-state index contributed by atoms with van der Waals surface area (Å²) < 4.78 is 5.29. The van der Waals surface area contributed by atoms with Crippen molar-refractivity contribution in [1.29, 1.82) is 0 Å². The molecule has 8 heteroatoms. The predicted molar refractivity (Wildman–Crippen MR) is 113 cm³/mol. The minimum Gasteiger partial charge on any atom is -0.477 e. The molecule has 0 aliphatic heterocycles. The molecule has 0 saturated carbocycles. The molecule has 0 aliphatic rings. The van der Waals surface area contributed by atoms with E-state index in [1.165, 1.54) is 35.1 Å². The van der Waals surface area contributed by atoms with Gasteiger partial charge < -0.3 is 4.74 Å². The number of thiazole rings is 1. The van der Waals surface area contributed by atoms with E-state index >= 15 is 0 Å². The number of para-hydroxylation sites is 2. The van der Waals surface area contributed by atoms with Crippen molar-refractivity contribution in [3.05, 3.63) is 69.6 Å². The number of nitro benzene ring substituents is 1. The van der Waals surface area contributed by atoms with Crippen LogP contribution in [0.4, 0.5) is 10.8 Å². The van der Waals surface area contributed by atoms with Crippen molar-refractivity contribution in [2.75, 3.05) is 11.9 Å². The zero-order valence-corrected chi connectivity index (χ0v) is 17.2. The lowest BCUT2D eigenvalue weighted by Crippen LogP contribution is -2.20. The zero-order valence-electron chi connectivity index (χ0n) is 16.3. The minimum absolute atomic E-state index is 0.0476. The molecular weight excluding hydrogens is 390 g/mol. The summed E-state index contributed by atoms with van der Waals surface area (Å²) in [6.45, 7) is 6.12. The van der Waals surface area contributed by atoms with E-state index in [0.29, 0.717) is 5.13 Å². The second-order valence-electron chi connectivity index (χ2n) is 7.43. The highest BCUT2D eigenvalue weighted by Gasteiger charge is 2.16. The zero-order chi connectivity index (χ0) is 21.0. The summed E-state index contributed by atoms with van der Waals surface area (Å²) in [6, 6.07) is 14.1. The van der Waals surface area contributed by atoms with E-state index in [0.717, 1.165) is 11.3 Å². The number of nitro groups is 1. The van der Waals surface area contributed by atoms with Gasteiger partial charge in [0, 0.05) is 17.0 Å². The van der Waals surface area contributed by atoms with Gasteiger partial charge in [-0.2, -0.15) is 0 Å². The first-order chi connectivity index (χ1) is 13.7. The number of carbonyl (C=O) groups is 1. The molecule has 1 N–H and O–H groups in total. The summed E-state index contributed by atoms with van der Waals surface area (Å²) in [5.41, 5.74) is 2.86. The monoisotopic (exact) mass is 411 g/mol. The van der Waals surface area contributed by atoms with E-state index in [1.54, 1.807) is 6.07 Å². The number of rotatable bonds is 6. The number of nitrogens with one attached hydrogen (secondary N) is 1. The molecule has 1 aromatic heterocycles. The van der Waals surface area contributed by atoms with Crippen LogP contribution in [0.2, 0.25) is 0 Å². The van der Waals surface area contributed by atoms with E-state index < -0.39 is 10.8 Å². The molecule has 2 aromatic carbocycles. The average Bonchev–Trinajstić information content (AvgIpc) is 3.14. The largest absolute Gasteiger partial charge is 0.477 e. The molecule has 29 heavy (non-hydrogen) atoms. The van der Waals surface area contributed by atoms with Crippen LogP contribution in [0.15, 0.2) is 53.9 Å². The van der Waals surface area contributed by atoms with Gasteiger partial charge in [0.1, 0.15) is 0 Å². The Morgan fingerprint density at radius 2 is 1.86 bits per heavy atom. The topological polar surface area (TPSA) is 94.4 Å². The van der Waals surface area contributed by atoms with Crippen LogP contribution in [0.1, 0.15) is 26.3 Å². The fourth-order valence-corrected chi connectivity index (χ4v) is 3.37. The minimum atomic E-state index is -0.550. The van der Waals surface area contributed by atoms with Gasteiger partial charge in [-0.1, -0.05) is 57.2 Å². The Kier molecular flexibility index (Phi) is 5.93. The maximum atomic E-state index is 12.1. The SMILES string of the molecule is CC(C)(C)c1ccc(-c2csc(NC(=O)COc3ccccc3[N+](=O)[O-])n2)cc1. The molecule has 0 atom stereocenters. The van der Waals surface area contributed by atoms with E-state index in [-0.39, 0.29) is 23.5 Å². The lowest BCUT2D eigenvalue weighted by Gasteiger charge is -2.18. The maximum absolute atomic E-state index is 12.1. The molecule has 0 aliphatic carbocycles. The number of ether oxygens (including phenoxy) is 1. The van der Waals surface area contributed by atoms with E-state index in [9.17, 15) is 14.9 Å². The van der Waals surface area contributed by atoms with Crippen LogP contribution in [0.3, 0.4) is 0 Å². The number of benzene rings is 2. The van der Waals surface area contributed by atoms with Gasteiger partial charge in [0.15, 0.2) is 17.5 Å². The van der Waals surface area contributed by atoms with Crippen molar-refractivity contribution < 1.29 is 14.5 Å². The molecule has 0 radical (unpaired) electrons. The van der Waals surface area contributed by atoms with Crippen LogP contribution in [-0.2, 0) is 10.2 Å². The molecule has 3 aromatic rings. The summed E-state index contributed by atoms with van der Waals surface area (Å²) in [6.07, 6.45) is 0. The second-order valence-corrected chi connectivity index (χ2v) is 8.29. The molecule has 0 bridgehead atoms. The molecule has 1 amide bonds. The summed E-state index contributed by atoms with van der Waals surface area (Å²) >= 11 is 1.31. The fourth-order valence-electron chi connectivity index (χ4n) is 2.63. The molecule has 3 rings (SSSR count). The van der Waals surface area contributed by atoms with Crippen LogP contribution in [0.5, 0.6) is 5.75 Å². The second kappa shape index (κ2) is 8.40. The van der Waals surface area contributed by atoms with E-state index in [2.05, 4.69) is 43.2 Å². The van der Waals surface area contributed by atoms with Crippen LogP contribution in [-0.4, -0.2) is 22.4 Å². The third kappa shape index (κ3) is 5.17. The third-order valence-electron chi connectivity index (χ3n) is 4.22. The molecule has 0 saturated heterocycles. The Hall–Kier alpha value is -3.26. The molecule has 150 valence electrons.